The van der Waals surface area contributed by atoms with Gasteiger partial charge in [-0.15, -0.1) is 0 Å². The van der Waals surface area contributed by atoms with Gasteiger partial charge >= 0.3 is 6.03 Å². The summed E-state index contributed by atoms with van der Waals surface area (Å²) in [6.07, 6.45) is 0.290. The standard InChI is InChI=1S/C24H23N5O5/c1-2-24(17-9-5-3-6-10-17)22(32)29(23(33)25-24)27-21(31)19-13-14-20(30)28(26-19)15-16-34-18-11-7-4-8-12-18/h3-14H,2,15-16H2,1H3,(H,25,33)(H,27,31). The molecule has 0 spiro atoms. The molecule has 2 aromatic carbocycles. The summed E-state index contributed by atoms with van der Waals surface area (Å²) in [6, 6.07) is 19.6. The Hall–Kier alpha value is -4.47. The highest BCUT2D eigenvalue weighted by molar-refractivity contribution is 6.09. The van der Waals surface area contributed by atoms with Gasteiger partial charge in [0.05, 0.1) is 6.54 Å². The predicted octanol–water partition coefficient (Wildman–Crippen LogP) is 1.82. The molecule has 0 aliphatic carbocycles. The van der Waals surface area contributed by atoms with Crippen molar-refractivity contribution in [3.8, 4) is 5.75 Å². The number of ether oxygens (including phenoxy) is 1. The molecule has 1 aliphatic rings. The second kappa shape index (κ2) is 9.57. The highest BCUT2D eigenvalue weighted by Crippen LogP contribution is 2.31. The van der Waals surface area contributed by atoms with Crippen molar-refractivity contribution in [2.45, 2.75) is 25.4 Å². The minimum Gasteiger partial charge on any atom is -0.492 e. The summed E-state index contributed by atoms with van der Waals surface area (Å²) < 4.78 is 6.66. The summed E-state index contributed by atoms with van der Waals surface area (Å²) in [5.41, 5.74) is 1.08. The number of nitrogens with zero attached hydrogens (tertiary/aromatic N) is 3. The van der Waals surface area contributed by atoms with E-state index in [1.54, 1.807) is 49.4 Å². The Kier molecular flexibility index (Phi) is 6.39. The van der Waals surface area contributed by atoms with Gasteiger partial charge in [-0.25, -0.2) is 9.48 Å². The van der Waals surface area contributed by atoms with Gasteiger partial charge in [0.25, 0.3) is 17.4 Å². The van der Waals surface area contributed by atoms with Gasteiger partial charge in [-0.3, -0.25) is 19.8 Å². The fourth-order valence-corrected chi connectivity index (χ4v) is 3.69. The number of urea groups is 1. The van der Waals surface area contributed by atoms with Gasteiger partial charge in [-0.2, -0.15) is 10.1 Å². The molecule has 10 nitrogen and oxygen atoms in total. The molecule has 4 amide bonds. The summed E-state index contributed by atoms with van der Waals surface area (Å²) in [7, 11) is 0. The molecule has 4 rings (SSSR count). The molecular weight excluding hydrogens is 438 g/mol. The molecule has 0 radical (unpaired) electrons. The molecule has 0 bridgehead atoms. The number of imide groups is 1. The van der Waals surface area contributed by atoms with Crippen LogP contribution in [0.2, 0.25) is 0 Å². The first-order chi connectivity index (χ1) is 16.4. The Bertz CT molecular complexity index is 1260. The first-order valence-electron chi connectivity index (χ1n) is 10.7. The van der Waals surface area contributed by atoms with Crippen molar-refractivity contribution in [3.63, 3.8) is 0 Å². The van der Waals surface area contributed by atoms with Crippen LogP contribution < -0.4 is 21.0 Å². The van der Waals surface area contributed by atoms with Crippen molar-refractivity contribution in [2.75, 3.05) is 6.61 Å². The van der Waals surface area contributed by atoms with Crippen molar-refractivity contribution < 1.29 is 19.1 Å². The molecule has 1 saturated heterocycles. The third kappa shape index (κ3) is 4.38. The van der Waals surface area contributed by atoms with Gasteiger partial charge in [-0.05, 0) is 30.2 Å². The predicted molar refractivity (Wildman–Crippen MR) is 122 cm³/mol. The third-order valence-corrected chi connectivity index (χ3v) is 5.52. The fraction of sp³-hybridized carbons (Fsp3) is 0.208. The molecule has 10 heteroatoms. The summed E-state index contributed by atoms with van der Waals surface area (Å²) >= 11 is 0. The monoisotopic (exact) mass is 461 g/mol. The highest BCUT2D eigenvalue weighted by atomic mass is 16.5. The molecule has 1 atom stereocenters. The van der Waals surface area contributed by atoms with Gasteiger partial charge in [0.1, 0.15) is 17.9 Å². The first-order valence-corrected chi connectivity index (χ1v) is 10.7. The van der Waals surface area contributed by atoms with Crippen molar-refractivity contribution in [3.05, 3.63) is 94.4 Å². The number of para-hydroxylation sites is 1. The van der Waals surface area contributed by atoms with Gasteiger partial charge in [-0.1, -0.05) is 55.5 Å². The van der Waals surface area contributed by atoms with Crippen molar-refractivity contribution in [1.82, 2.24) is 25.5 Å². The number of rotatable bonds is 8. The van der Waals surface area contributed by atoms with Gasteiger partial charge in [0.2, 0.25) is 0 Å². The van der Waals surface area contributed by atoms with Crippen LogP contribution in [0.1, 0.15) is 29.4 Å². The van der Waals surface area contributed by atoms with Gasteiger partial charge < -0.3 is 10.1 Å². The lowest BCUT2D eigenvalue weighted by Gasteiger charge is -2.25. The van der Waals surface area contributed by atoms with E-state index in [-0.39, 0.29) is 18.8 Å². The molecule has 1 unspecified atom stereocenters. The largest absolute Gasteiger partial charge is 0.492 e. The minimum absolute atomic E-state index is 0.102. The molecule has 34 heavy (non-hydrogen) atoms. The number of amides is 4. The average Bonchev–Trinajstić information content (AvgIpc) is 3.11. The molecule has 0 saturated carbocycles. The molecule has 2 N–H and O–H groups in total. The van der Waals surface area contributed by atoms with Crippen LogP contribution in [0.3, 0.4) is 0 Å². The van der Waals surface area contributed by atoms with Crippen LogP contribution in [-0.2, 0) is 16.9 Å². The lowest BCUT2D eigenvalue weighted by Crippen LogP contribution is -2.49. The molecular formula is C24H23N5O5. The maximum atomic E-state index is 13.2. The maximum Gasteiger partial charge on any atom is 0.344 e. The number of hydrogen-bond donors (Lipinski definition) is 2. The molecule has 174 valence electrons. The van der Waals surface area contributed by atoms with E-state index in [0.29, 0.717) is 22.7 Å². The van der Waals surface area contributed by atoms with Gasteiger partial charge in [0, 0.05) is 6.07 Å². The smallest absolute Gasteiger partial charge is 0.344 e. The van der Waals surface area contributed by atoms with E-state index < -0.39 is 28.9 Å². The lowest BCUT2D eigenvalue weighted by molar-refractivity contribution is -0.133. The summed E-state index contributed by atoms with van der Waals surface area (Å²) in [5, 5.41) is 7.38. The number of carbonyl (C=O) groups is 3. The van der Waals surface area contributed by atoms with Crippen molar-refractivity contribution in [2.24, 2.45) is 0 Å². The Morgan fingerprint density at radius 3 is 2.35 bits per heavy atom. The summed E-state index contributed by atoms with van der Waals surface area (Å²) in [4.78, 5) is 50.7. The first kappa shape index (κ1) is 22.7. The second-order valence-corrected chi connectivity index (χ2v) is 7.58. The normalized spacial score (nSPS) is 17.4. The van der Waals surface area contributed by atoms with E-state index in [9.17, 15) is 19.2 Å². The van der Waals surface area contributed by atoms with E-state index in [1.807, 2.05) is 18.2 Å². The zero-order valence-electron chi connectivity index (χ0n) is 18.4. The van der Waals surface area contributed by atoms with E-state index in [1.165, 1.54) is 12.1 Å². The summed E-state index contributed by atoms with van der Waals surface area (Å²) in [6.45, 7) is 2.03. The van der Waals surface area contributed by atoms with Crippen LogP contribution in [-0.4, -0.2) is 39.2 Å². The van der Waals surface area contributed by atoms with E-state index >= 15 is 0 Å². The van der Waals surface area contributed by atoms with Crippen molar-refractivity contribution in [1.29, 1.82) is 0 Å². The van der Waals surface area contributed by atoms with E-state index in [0.717, 1.165) is 4.68 Å². The third-order valence-electron chi connectivity index (χ3n) is 5.52. The van der Waals surface area contributed by atoms with Crippen LogP contribution in [0, 0.1) is 0 Å². The van der Waals surface area contributed by atoms with Crippen molar-refractivity contribution >= 4 is 17.8 Å². The Morgan fingerprint density at radius 2 is 1.68 bits per heavy atom. The highest BCUT2D eigenvalue weighted by Gasteiger charge is 2.52. The Labute approximate surface area is 195 Å². The number of nitrogens with one attached hydrogen (secondary N) is 2. The molecule has 2 heterocycles. The average molecular weight is 461 g/mol. The van der Waals surface area contributed by atoms with E-state index in [2.05, 4.69) is 15.8 Å². The minimum atomic E-state index is -1.29. The zero-order chi connectivity index (χ0) is 24.1. The SMILES string of the molecule is CCC1(c2ccccc2)NC(=O)N(NC(=O)c2ccc(=O)n(CCOc3ccccc3)n2)C1=O. The second-order valence-electron chi connectivity index (χ2n) is 7.58. The Balaban J connectivity index is 1.47. The fourth-order valence-electron chi connectivity index (χ4n) is 3.69. The summed E-state index contributed by atoms with van der Waals surface area (Å²) in [5.74, 6) is -0.772. The number of hydrazine groups is 1. The number of carbonyl (C=O) groups excluding carboxylic acids is 3. The van der Waals surface area contributed by atoms with E-state index in [4.69, 9.17) is 4.74 Å². The molecule has 1 aliphatic heterocycles. The van der Waals surface area contributed by atoms with Crippen LogP contribution in [0.15, 0.2) is 77.6 Å². The quantitative estimate of drug-likeness (QED) is 0.494. The van der Waals surface area contributed by atoms with Crippen LogP contribution in [0.5, 0.6) is 5.75 Å². The molecule has 1 aromatic heterocycles. The number of aromatic nitrogens is 2. The van der Waals surface area contributed by atoms with Crippen LogP contribution in [0.25, 0.3) is 0 Å². The molecule has 1 fully saturated rings. The maximum absolute atomic E-state index is 13.2. The Morgan fingerprint density at radius 1 is 1.00 bits per heavy atom. The van der Waals surface area contributed by atoms with Crippen LogP contribution >= 0.6 is 0 Å². The molecule has 3 aromatic rings. The number of hydrogen-bond acceptors (Lipinski definition) is 6. The van der Waals surface area contributed by atoms with Crippen LogP contribution in [0.4, 0.5) is 4.79 Å². The zero-order valence-corrected chi connectivity index (χ0v) is 18.4. The van der Waals surface area contributed by atoms with Gasteiger partial charge in [0.15, 0.2) is 5.69 Å². The lowest BCUT2D eigenvalue weighted by atomic mass is 9.87. The topological polar surface area (TPSA) is 123 Å². The number of benzene rings is 2.